The van der Waals surface area contributed by atoms with Gasteiger partial charge < -0.3 is 10.4 Å². The Morgan fingerprint density at radius 3 is 2.69 bits per heavy atom. The zero-order valence-electron chi connectivity index (χ0n) is 14.0. The zero-order valence-corrected chi connectivity index (χ0v) is 15.7. The number of benzene rings is 1. The average Bonchev–Trinajstić information content (AvgIpc) is 2.87. The highest BCUT2D eigenvalue weighted by Gasteiger charge is 2.31. The molecule has 136 valence electrons. The van der Waals surface area contributed by atoms with Gasteiger partial charge in [-0.25, -0.2) is 0 Å². The van der Waals surface area contributed by atoms with E-state index in [9.17, 15) is 14.4 Å². The SMILES string of the molecule is CC(NC(=O)CCN1C(=O)/C(=C\C=C\c2ccccc2)SC1=S)C(=O)O. The second-order valence-electron chi connectivity index (χ2n) is 5.50. The van der Waals surface area contributed by atoms with Crippen molar-refractivity contribution in [2.24, 2.45) is 0 Å². The van der Waals surface area contributed by atoms with Crippen LogP contribution < -0.4 is 5.32 Å². The van der Waals surface area contributed by atoms with Crippen LogP contribution in [0.1, 0.15) is 18.9 Å². The Morgan fingerprint density at radius 1 is 1.35 bits per heavy atom. The molecule has 6 nitrogen and oxygen atoms in total. The number of thiocarbonyl (C=S) groups is 1. The first kappa shape index (κ1) is 19.9. The van der Waals surface area contributed by atoms with Gasteiger partial charge in [-0.15, -0.1) is 0 Å². The van der Waals surface area contributed by atoms with Gasteiger partial charge in [0.25, 0.3) is 5.91 Å². The van der Waals surface area contributed by atoms with Crippen LogP contribution >= 0.6 is 24.0 Å². The number of aliphatic carboxylic acids is 1. The molecule has 1 aliphatic heterocycles. The molecule has 2 amide bonds. The van der Waals surface area contributed by atoms with Crippen LogP contribution in [-0.2, 0) is 14.4 Å². The topological polar surface area (TPSA) is 86.7 Å². The monoisotopic (exact) mass is 390 g/mol. The summed E-state index contributed by atoms with van der Waals surface area (Å²) in [5, 5.41) is 11.1. The molecule has 2 rings (SSSR count). The molecule has 0 saturated carbocycles. The first-order chi connectivity index (χ1) is 12.4. The number of carboxylic acid groups (broad SMARTS) is 1. The van der Waals surface area contributed by atoms with Crippen LogP contribution in [0.5, 0.6) is 0 Å². The van der Waals surface area contributed by atoms with Gasteiger partial charge >= 0.3 is 5.97 Å². The molecule has 1 saturated heterocycles. The van der Waals surface area contributed by atoms with E-state index in [2.05, 4.69) is 5.32 Å². The number of nitrogens with zero attached hydrogens (tertiary/aromatic N) is 1. The minimum atomic E-state index is -1.11. The summed E-state index contributed by atoms with van der Waals surface area (Å²) in [6.45, 7) is 1.49. The molecule has 1 atom stereocenters. The molecule has 0 radical (unpaired) electrons. The molecule has 1 aliphatic rings. The number of nitrogens with one attached hydrogen (secondary N) is 1. The predicted octanol–water partition coefficient (Wildman–Crippen LogP) is 2.42. The van der Waals surface area contributed by atoms with E-state index in [4.69, 9.17) is 17.3 Å². The maximum atomic E-state index is 12.4. The van der Waals surface area contributed by atoms with Gasteiger partial charge in [0, 0.05) is 13.0 Å². The molecule has 8 heteroatoms. The van der Waals surface area contributed by atoms with Crippen LogP contribution in [0.15, 0.2) is 47.4 Å². The van der Waals surface area contributed by atoms with Gasteiger partial charge in [0.2, 0.25) is 5.91 Å². The van der Waals surface area contributed by atoms with E-state index >= 15 is 0 Å². The molecule has 2 N–H and O–H groups in total. The van der Waals surface area contributed by atoms with E-state index in [-0.39, 0.29) is 18.9 Å². The number of carbonyl (C=O) groups excluding carboxylic acids is 2. The Kier molecular flexibility index (Phi) is 7.11. The van der Waals surface area contributed by atoms with Crippen molar-refractivity contribution in [3.05, 3.63) is 53.0 Å². The number of hydrogen-bond donors (Lipinski definition) is 2. The molecule has 1 unspecified atom stereocenters. The Bertz CT molecular complexity index is 775. The van der Waals surface area contributed by atoms with Crippen molar-refractivity contribution in [2.75, 3.05) is 6.54 Å². The van der Waals surface area contributed by atoms with Gasteiger partial charge in [0.1, 0.15) is 10.4 Å². The van der Waals surface area contributed by atoms with E-state index in [1.54, 1.807) is 12.2 Å². The molecule has 0 aliphatic carbocycles. The third-order valence-electron chi connectivity index (χ3n) is 3.52. The summed E-state index contributed by atoms with van der Waals surface area (Å²) in [5.74, 6) is -1.81. The summed E-state index contributed by atoms with van der Waals surface area (Å²) < 4.78 is 0.383. The molecular formula is C18H18N2O4S2. The van der Waals surface area contributed by atoms with Gasteiger partial charge in [0.15, 0.2) is 0 Å². The van der Waals surface area contributed by atoms with E-state index in [1.807, 2.05) is 36.4 Å². The first-order valence-electron chi connectivity index (χ1n) is 7.87. The van der Waals surface area contributed by atoms with E-state index in [0.29, 0.717) is 9.23 Å². The third kappa shape index (κ3) is 5.53. The van der Waals surface area contributed by atoms with Crippen molar-refractivity contribution in [1.82, 2.24) is 10.2 Å². The first-order valence-corrected chi connectivity index (χ1v) is 9.10. The fraction of sp³-hybridized carbons (Fsp3) is 0.222. The fourth-order valence-electron chi connectivity index (χ4n) is 2.11. The lowest BCUT2D eigenvalue weighted by Crippen LogP contribution is -2.40. The Morgan fingerprint density at radius 2 is 2.04 bits per heavy atom. The van der Waals surface area contributed by atoms with E-state index < -0.39 is 17.9 Å². The number of hydrogen-bond acceptors (Lipinski definition) is 5. The second kappa shape index (κ2) is 9.30. The number of amides is 2. The maximum Gasteiger partial charge on any atom is 0.325 e. The molecule has 1 aromatic rings. The Labute approximate surface area is 160 Å². The Balaban J connectivity index is 1.92. The summed E-state index contributed by atoms with van der Waals surface area (Å²) in [6, 6.07) is 8.70. The standard InChI is InChI=1S/C18H18N2O4S2/c1-12(17(23)24)19-15(21)10-11-20-16(22)14(26-18(20)25)9-5-8-13-6-3-2-4-7-13/h2-9,12H,10-11H2,1H3,(H,19,21)(H,23,24)/b8-5+,14-9+. The molecule has 1 heterocycles. The summed E-state index contributed by atoms with van der Waals surface area (Å²) >= 11 is 6.38. The second-order valence-corrected chi connectivity index (χ2v) is 7.18. The summed E-state index contributed by atoms with van der Waals surface area (Å²) in [6.07, 6.45) is 5.34. The van der Waals surface area contributed by atoms with Crippen molar-refractivity contribution >= 4 is 52.2 Å². The van der Waals surface area contributed by atoms with Gasteiger partial charge in [-0.2, -0.15) is 0 Å². The zero-order chi connectivity index (χ0) is 19.1. The van der Waals surface area contributed by atoms with Crippen molar-refractivity contribution in [1.29, 1.82) is 0 Å². The molecule has 1 aromatic carbocycles. The Hall–Kier alpha value is -2.45. The highest BCUT2D eigenvalue weighted by Crippen LogP contribution is 2.31. The van der Waals surface area contributed by atoms with Crippen molar-refractivity contribution in [2.45, 2.75) is 19.4 Å². The van der Waals surface area contributed by atoms with Crippen LogP contribution in [0.4, 0.5) is 0 Å². The van der Waals surface area contributed by atoms with Gasteiger partial charge in [-0.3, -0.25) is 19.3 Å². The van der Waals surface area contributed by atoms with Gasteiger partial charge in [-0.05, 0) is 18.6 Å². The smallest absolute Gasteiger partial charge is 0.325 e. The maximum absolute atomic E-state index is 12.4. The minimum Gasteiger partial charge on any atom is -0.480 e. The van der Waals surface area contributed by atoms with E-state index in [0.717, 1.165) is 5.56 Å². The number of carboxylic acids is 1. The number of thioether (sulfide) groups is 1. The number of allylic oxidation sites excluding steroid dienone is 2. The summed E-state index contributed by atoms with van der Waals surface area (Å²) in [5.41, 5.74) is 1.02. The fourth-order valence-corrected chi connectivity index (χ4v) is 3.37. The lowest BCUT2D eigenvalue weighted by molar-refractivity contribution is -0.141. The van der Waals surface area contributed by atoms with Crippen molar-refractivity contribution in [3.8, 4) is 0 Å². The van der Waals surface area contributed by atoms with Crippen molar-refractivity contribution < 1.29 is 19.5 Å². The number of rotatable bonds is 7. The van der Waals surface area contributed by atoms with E-state index in [1.165, 1.54) is 23.6 Å². The largest absolute Gasteiger partial charge is 0.480 e. The molecule has 0 aromatic heterocycles. The molecule has 0 spiro atoms. The highest BCUT2D eigenvalue weighted by atomic mass is 32.2. The van der Waals surface area contributed by atoms with Gasteiger partial charge in [0.05, 0.1) is 4.91 Å². The van der Waals surface area contributed by atoms with Crippen LogP contribution in [0.25, 0.3) is 6.08 Å². The van der Waals surface area contributed by atoms with Crippen LogP contribution in [0.3, 0.4) is 0 Å². The lowest BCUT2D eigenvalue weighted by atomic mass is 10.2. The molecular weight excluding hydrogens is 372 g/mol. The van der Waals surface area contributed by atoms with Crippen LogP contribution in [0.2, 0.25) is 0 Å². The summed E-state index contributed by atoms with van der Waals surface area (Å²) in [7, 11) is 0. The quantitative estimate of drug-likeness (QED) is 0.549. The van der Waals surface area contributed by atoms with Crippen molar-refractivity contribution in [3.63, 3.8) is 0 Å². The minimum absolute atomic E-state index is 0.0167. The molecule has 26 heavy (non-hydrogen) atoms. The summed E-state index contributed by atoms with van der Waals surface area (Å²) in [4.78, 5) is 36.7. The highest BCUT2D eigenvalue weighted by molar-refractivity contribution is 8.26. The lowest BCUT2D eigenvalue weighted by Gasteiger charge is -2.15. The van der Waals surface area contributed by atoms with Crippen LogP contribution in [0, 0.1) is 0 Å². The van der Waals surface area contributed by atoms with Gasteiger partial charge in [-0.1, -0.05) is 66.5 Å². The number of carbonyl (C=O) groups is 3. The van der Waals surface area contributed by atoms with Crippen LogP contribution in [-0.4, -0.2) is 44.7 Å². The predicted molar refractivity (Wildman–Crippen MR) is 105 cm³/mol. The molecule has 1 fully saturated rings. The normalized spacial score (nSPS) is 17.1. The third-order valence-corrected chi connectivity index (χ3v) is 4.92. The molecule has 0 bridgehead atoms. The average molecular weight is 390 g/mol.